The Balaban J connectivity index is 2.67. The van der Waals surface area contributed by atoms with E-state index < -0.39 is 0 Å². The molecule has 0 saturated carbocycles. The summed E-state index contributed by atoms with van der Waals surface area (Å²) in [5, 5.41) is 6.27. The van der Waals surface area contributed by atoms with Crippen LogP contribution in [-0.2, 0) is 13.1 Å². The van der Waals surface area contributed by atoms with Gasteiger partial charge in [0.15, 0.2) is 0 Å². The molecule has 0 unspecified atom stereocenters. The molecule has 1 aromatic rings. The summed E-state index contributed by atoms with van der Waals surface area (Å²) in [6, 6.07) is 8.58. The lowest BCUT2D eigenvalue weighted by molar-refractivity contribution is 0.797. The molecule has 0 atom stereocenters. The van der Waals surface area contributed by atoms with Crippen molar-refractivity contribution in [2.24, 2.45) is 0 Å². The van der Waals surface area contributed by atoms with Gasteiger partial charge < -0.3 is 10.6 Å². The second-order valence-electron chi connectivity index (χ2n) is 2.88. The molecule has 0 aliphatic heterocycles. The molecular weight excluding hydrogens is 148 g/mol. The van der Waals surface area contributed by atoms with Crippen molar-refractivity contribution in [2.75, 3.05) is 14.1 Å². The molecule has 2 heteroatoms. The summed E-state index contributed by atoms with van der Waals surface area (Å²) in [7, 11) is 3.93. The van der Waals surface area contributed by atoms with Gasteiger partial charge in [0.25, 0.3) is 0 Å². The Morgan fingerprint density at radius 2 is 1.50 bits per heavy atom. The average molecular weight is 164 g/mol. The SMILES string of the molecule is CNCc1cccc(CNC)c1. The molecule has 2 nitrogen and oxygen atoms in total. The van der Waals surface area contributed by atoms with E-state index in [9.17, 15) is 0 Å². The van der Waals surface area contributed by atoms with Gasteiger partial charge in [-0.2, -0.15) is 0 Å². The first-order valence-corrected chi connectivity index (χ1v) is 4.24. The van der Waals surface area contributed by atoms with E-state index >= 15 is 0 Å². The third-order valence-corrected chi connectivity index (χ3v) is 1.75. The zero-order valence-corrected chi connectivity index (χ0v) is 7.72. The number of rotatable bonds is 4. The van der Waals surface area contributed by atoms with Crippen LogP contribution >= 0.6 is 0 Å². The molecule has 0 heterocycles. The summed E-state index contributed by atoms with van der Waals surface area (Å²) >= 11 is 0. The topological polar surface area (TPSA) is 24.1 Å². The molecule has 0 spiro atoms. The summed E-state index contributed by atoms with van der Waals surface area (Å²) < 4.78 is 0. The largest absolute Gasteiger partial charge is 0.316 e. The highest BCUT2D eigenvalue weighted by Crippen LogP contribution is 2.04. The second kappa shape index (κ2) is 4.91. The zero-order chi connectivity index (χ0) is 8.81. The van der Waals surface area contributed by atoms with E-state index in [1.54, 1.807) is 0 Å². The van der Waals surface area contributed by atoms with Gasteiger partial charge in [-0.1, -0.05) is 24.3 Å². The van der Waals surface area contributed by atoms with E-state index in [4.69, 9.17) is 0 Å². The Kier molecular flexibility index (Phi) is 3.77. The van der Waals surface area contributed by atoms with E-state index in [0.717, 1.165) is 13.1 Å². The minimum absolute atomic E-state index is 0.942. The summed E-state index contributed by atoms with van der Waals surface area (Å²) in [5.74, 6) is 0. The maximum absolute atomic E-state index is 3.13. The highest BCUT2D eigenvalue weighted by molar-refractivity contribution is 5.23. The van der Waals surface area contributed by atoms with Crippen molar-refractivity contribution in [3.05, 3.63) is 35.4 Å². The lowest BCUT2D eigenvalue weighted by atomic mass is 10.1. The number of benzene rings is 1. The second-order valence-corrected chi connectivity index (χ2v) is 2.88. The van der Waals surface area contributed by atoms with Gasteiger partial charge in [-0.25, -0.2) is 0 Å². The van der Waals surface area contributed by atoms with Gasteiger partial charge in [-0.15, -0.1) is 0 Å². The minimum atomic E-state index is 0.942. The molecule has 0 bridgehead atoms. The van der Waals surface area contributed by atoms with Crippen LogP contribution in [-0.4, -0.2) is 14.1 Å². The molecule has 0 saturated heterocycles. The molecule has 0 aliphatic carbocycles. The summed E-state index contributed by atoms with van der Waals surface area (Å²) in [4.78, 5) is 0. The molecule has 1 rings (SSSR count). The Bertz CT molecular complexity index is 212. The lowest BCUT2D eigenvalue weighted by Crippen LogP contribution is -2.08. The Hall–Kier alpha value is -0.860. The summed E-state index contributed by atoms with van der Waals surface area (Å²) in [6.07, 6.45) is 0. The smallest absolute Gasteiger partial charge is 0.0202 e. The van der Waals surface area contributed by atoms with Crippen molar-refractivity contribution in [3.8, 4) is 0 Å². The van der Waals surface area contributed by atoms with Crippen molar-refractivity contribution in [3.63, 3.8) is 0 Å². The van der Waals surface area contributed by atoms with Crippen LogP contribution in [0.15, 0.2) is 24.3 Å². The van der Waals surface area contributed by atoms with Crippen LogP contribution in [0.3, 0.4) is 0 Å². The first-order chi connectivity index (χ1) is 5.86. The summed E-state index contributed by atoms with van der Waals surface area (Å²) in [6.45, 7) is 1.88. The molecule has 2 N–H and O–H groups in total. The lowest BCUT2D eigenvalue weighted by Gasteiger charge is -2.03. The van der Waals surface area contributed by atoms with Gasteiger partial charge in [0, 0.05) is 13.1 Å². The van der Waals surface area contributed by atoms with Gasteiger partial charge in [0.1, 0.15) is 0 Å². The van der Waals surface area contributed by atoms with Gasteiger partial charge >= 0.3 is 0 Å². The van der Waals surface area contributed by atoms with Crippen molar-refractivity contribution in [1.82, 2.24) is 10.6 Å². The van der Waals surface area contributed by atoms with E-state index in [-0.39, 0.29) is 0 Å². The van der Waals surface area contributed by atoms with Crippen molar-refractivity contribution >= 4 is 0 Å². The molecule has 0 aliphatic rings. The Morgan fingerprint density at radius 3 is 1.92 bits per heavy atom. The first kappa shape index (κ1) is 9.23. The van der Waals surface area contributed by atoms with Crippen LogP contribution in [0.2, 0.25) is 0 Å². The van der Waals surface area contributed by atoms with Gasteiger partial charge in [-0.05, 0) is 25.2 Å². The highest BCUT2D eigenvalue weighted by Gasteiger charge is 1.92. The molecule has 0 radical (unpaired) electrons. The maximum atomic E-state index is 3.13. The average Bonchev–Trinajstić information content (AvgIpc) is 2.06. The van der Waals surface area contributed by atoms with E-state index in [0.29, 0.717) is 0 Å². The van der Waals surface area contributed by atoms with Crippen LogP contribution in [0.4, 0.5) is 0 Å². The highest BCUT2D eigenvalue weighted by atomic mass is 14.8. The minimum Gasteiger partial charge on any atom is -0.316 e. The predicted octanol–water partition coefficient (Wildman–Crippen LogP) is 1.13. The molecular formula is C10H16N2. The molecule has 12 heavy (non-hydrogen) atoms. The fourth-order valence-corrected chi connectivity index (χ4v) is 1.26. The number of nitrogens with one attached hydrogen (secondary N) is 2. The van der Waals surface area contributed by atoms with Crippen LogP contribution in [0.25, 0.3) is 0 Å². The van der Waals surface area contributed by atoms with Crippen LogP contribution in [0.5, 0.6) is 0 Å². The zero-order valence-electron chi connectivity index (χ0n) is 7.72. The van der Waals surface area contributed by atoms with Crippen molar-refractivity contribution in [1.29, 1.82) is 0 Å². The van der Waals surface area contributed by atoms with Crippen LogP contribution in [0, 0.1) is 0 Å². The fourth-order valence-electron chi connectivity index (χ4n) is 1.26. The standard InChI is InChI=1S/C10H16N2/c1-11-7-9-4-3-5-10(6-9)8-12-2/h3-6,11-12H,7-8H2,1-2H3. The van der Waals surface area contributed by atoms with Crippen molar-refractivity contribution < 1.29 is 0 Å². The monoisotopic (exact) mass is 164 g/mol. The van der Waals surface area contributed by atoms with E-state index in [1.165, 1.54) is 11.1 Å². The first-order valence-electron chi connectivity index (χ1n) is 4.24. The fraction of sp³-hybridized carbons (Fsp3) is 0.400. The summed E-state index contributed by atoms with van der Waals surface area (Å²) in [5.41, 5.74) is 2.68. The Labute approximate surface area is 74.0 Å². The third kappa shape index (κ3) is 2.64. The number of hydrogen-bond acceptors (Lipinski definition) is 2. The van der Waals surface area contributed by atoms with Crippen LogP contribution in [0.1, 0.15) is 11.1 Å². The van der Waals surface area contributed by atoms with Gasteiger partial charge in [0.05, 0.1) is 0 Å². The van der Waals surface area contributed by atoms with Gasteiger partial charge in [-0.3, -0.25) is 0 Å². The quantitative estimate of drug-likeness (QED) is 0.697. The molecule has 1 aromatic carbocycles. The van der Waals surface area contributed by atoms with Crippen LogP contribution < -0.4 is 10.6 Å². The van der Waals surface area contributed by atoms with E-state index in [1.807, 2.05) is 14.1 Å². The molecule has 66 valence electrons. The Morgan fingerprint density at radius 1 is 1.00 bits per heavy atom. The van der Waals surface area contributed by atoms with Gasteiger partial charge in [0.2, 0.25) is 0 Å². The van der Waals surface area contributed by atoms with E-state index in [2.05, 4.69) is 34.9 Å². The molecule has 0 amide bonds. The molecule has 0 fully saturated rings. The van der Waals surface area contributed by atoms with Crippen molar-refractivity contribution in [2.45, 2.75) is 13.1 Å². The third-order valence-electron chi connectivity index (χ3n) is 1.75. The molecule has 0 aromatic heterocycles. The number of hydrogen-bond donors (Lipinski definition) is 2. The normalized spacial score (nSPS) is 10.2. The predicted molar refractivity (Wildman–Crippen MR) is 52.0 cm³/mol. The maximum Gasteiger partial charge on any atom is 0.0202 e.